The van der Waals surface area contributed by atoms with Crippen LogP contribution in [0.3, 0.4) is 0 Å². The van der Waals surface area contributed by atoms with Crippen molar-refractivity contribution >= 4 is 23.1 Å². The Morgan fingerprint density at radius 1 is 1.29 bits per heavy atom. The number of hydrogen-bond donors (Lipinski definition) is 1. The fraction of sp³-hybridized carbons (Fsp3) is 0.154. The summed E-state index contributed by atoms with van der Waals surface area (Å²) in [6.45, 7) is 0.761. The average molecular weight is 248 g/mol. The molecule has 0 saturated heterocycles. The molecule has 0 atom stereocenters. The highest BCUT2D eigenvalue weighted by atomic mass is 35.5. The van der Waals surface area contributed by atoms with Crippen molar-refractivity contribution in [1.29, 1.82) is 0 Å². The van der Waals surface area contributed by atoms with Crippen molar-refractivity contribution in [2.45, 2.75) is 6.54 Å². The van der Waals surface area contributed by atoms with Gasteiger partial charge in [-0.3, -0.25) is 0 Å². The van der Waals surface area contributed by atoms with E-state index < -0.39 is 0 Å². The zero-order valence-electron chi connectivity index (χ0n) is 9.60. The van der Waals surface area contributed by atoms with E-state index in [4.69, 9.17) is 17.3 Å². The summed E-state index contributed by atoms with van der Waals surface area (Å²) in [5.74, 6) is 0.888. The number of pyridine rings is 1. The van der Waals surface area contributed by atoms with Gasteiger partial charge in [0.05, 0.1) is 11.9 Å². The van der Waals surface area contributed by atoms with Crippen molar-refractivity contribution in [1.82, 2.24) is 4.98 Å². The first kappa shape index (κ1) is 11.7. The molecule has 88 valence electrons. The van der Waals surface area contributed by atoms with E-state index in [2.05, 4.69) is 4.98 Å². The van der Waals surface area contributed by atoms with E-state index >= 15 is 0 Å². The highest BCUT2D eigenvalue weighted by Gasteiger charge is 2.03. The van der Waals surface area contributed by atoms with Gasteiger partial charge in [0.15, 0.2) is 0 Å². The van der Waals surface area contributed by atoms with Gasteiger partial charge in [0, 0.05) is 18.6 Å². The minimum atomic E-state index is 0.671. The Kier molecular flexibility index (Phi) is 3.49. The lowest BCUT2D eigenvalue weighted by atomic mass is 10.2. The van der Waals surface area contributed by atoms with Gasteiger partial charge in [0.1, 0.15) is 5.82 Å². The summed E-state index contributed by atoms with van der Waals surface area (Å²) in [6.07, 6.45) is 1.66. The zero-order chi connectivity index (χ0) is 12.3. The lowest BCUT2D eigenvalue weighted by molar-refractivity contribution is 0.898. The Morgan fingerprint density at radius 2 is 2.12 bits per heavy atom. The number of aromatic nitrogens is 1. The second-order valence-corrected chi connectivity index (χ2v) is 4.37. The van der Waals surface area contributed by atoms with Crippen molar-refractivity contribution < 1.29 is 0 Å². The van der Waals surface area contributed by atoms with Gasteiger partial charge in [-0.05, 0) is 29.8 Å². The van der Waals surface area contributed by atoms with Crippen LogP contribution < -0.4 is 10.6 Å². The van der Waals surface area contributed by atoms with Crippen molar-refractivity contribution in [3.8, 4) is 0 Å². The zero-order valence-corrected chi connectivity index (χ0v) is 10.4. The van der Waals surface area contributed by atoms with Crippen LogP contribution in [0.2, 0.25) is 5.02 Å². The molecule has 2 N–H and O–H groups in total. The van der Waals surface area contributed by atoms with E-state index in [0.717, 1.165) is 22.9 Å². The summed E-state index contributed by atoms with van der Waals surface area (Å²) in [6, 6.07) is 11.6. The summed E-state index contributed by atoms with van der Waals surface area (Å²) in [4.78, 5) is 6.31. The first-order valence-electron chi connectivity index (χ1n) is 5.32. The predicted octanol–water partition coefficient (Wildman–Crippen LogP) is 2.95. The molecule has 0 aliphatic heterocycles. The van der Waals surface area contributed by atoms with E-state index in [9.17, 15) is 0 Å². The molecule has 2 aromatic rings. The number of rotatable bonds is 3. The third-order valence-electron chi connectivity index (χ3n) is 2.47. The summed E-state index contributed by atoms with van der Waals surface area (Å²) in [5.41, 5.74) is 7.42. The summed E-state index contributed by atoms with van der Waals surface area (Å²) in [5, 5.41) is 0.751. The molecule has 0 fully saturated rings. The molecule has 0 radical (unpaired) electrons. The molecular weight excluding hydrogens is 234 g/mol. The Balaban J connectivity index is 2.11. The second kappa shape index (κ2) is 5.06. The Bertz CT molecular complexity index is 496. The minimum absolute atomic E-state index is 0.671. The van der Waals surface area contributed by atoms with Crippen LogP contribution in [-0.2, 0) is 6.54 Å². The standard InChI is InChI=1S/C13H14ClN3/c1-17(13-6-5-12(15)8-16-13)9-10-3-2-4-11(14)7-10/h2-8H,9,15H2,1H3. The van der Waals surface area contributed by atoms with Crippen LogP contribution >= 0.6 is 11.6 Å². The van der Waals surface area contributed by atoms with Gasteiger partial charge in [-0.2, -0.15) is 0 Å². The second-order valence-electron chi connectivity index (χ2n) is 3.94. The monoisotopic (exact) mass is 247 g/mol. The average Bonchev–Trinajstić information content (AvgIpc) is 2.29. The number of halogens is 1. The molecule has 0 aliphatic carbocycles. The maximum Gasteiger partial charge on any atom is 0.128 e. The molecule has 1 heterocycles. The van der Waals surface area contributed by atoms with Gasteiger partial charge >= 0.3 is 0 Å². The summed E-state index contributed by atoms with van der Waals surface area (Å²) < 4.78 is 0. The molecule has 0 aliphatic rings. The predicted molar refractivity (Wildman–Crippen MR) is 72.2 cm³/mol. The van der Waals surface area contributed by atoms with Crippen molar-refractivity contribution in [2.75, 3.05) is 17.7 Å². The summed E-state index contributed by atoms with van der Waals surface area (Å²) >= 11 is 5.94. The minimum Gasteiger partial charge on any atom is -0.397 e. The maximum absolute atomic E-state index is 5.94. The summed E-state index contributed by atoms with van der Waals surface area (Å²) in [7, 11) is 1.99. The molecule has 0 bridgehead atoms. The molecule has 4 heteroatoms. The van der Waals surface area contributed by atoms with E-state index in [-0.39, 0.29) is 0 Å². The van der Waals surface area contributed by atoms with Crippen LogP contribution in [0.4, 0.5) is 11.5 Å². The Morgan fingerprint density at radius 3 is 2.76 bits per heavy atom. The van der Waals surface area contributed by atoms with Gasteiger partial charge in [-0.1, -0.05) is 23.7 Å². The Labute approximate surface area is 106 Å². The van der Waals surface area contributed by atoms with E-state index in [1.807, 2.05) is 48.3 Å². The molecule has 3 nitrogen and oxygen atoms in total. The number of nitrogen functional groups attached to an aromatic ring is 1. The van der Waals surface area contributed by atoms with Crippen LogP contribution in [0.15, 0.2) is 42.6 Å². The Hall–Kier alpha value is -1.74. The molecule has 2 rings (SSSR count). The quantitative estimate of drug-likeness (QED) is 0.907. The normalized spacial score (nSPS) is 10.2. The number of benzene rings is 1. The topological polar surface area (TPSA) is 42.1 Å². The van der Waals surface area contributed by atoms with E-state index in [0.29, 0.717) is 5.69 Å². The maximum atomic E-state index is 5.94. The van der Waals surface area contributed by atoms with Crippen molar-refractivity contribution in [3.05, 3.63) is 53.2 Å². The largest absolute Gasteiger partial charge is 0.397 e. The molecular formula is C13H14ClN3. The van der Waals surface area contributed by atoms with Crippen LogP contribution in [0.5, 0.6) is 0 Å². The lowest BCUT2D eigenvalue weighted by Crippen LogP contribution is -2.17. The fourth-order valence-corrected chi connectivity index (χ4v) is 1.83. The van der Waals surface area contributed by atoms with Gasteiger partial charge < -0.3 is 10.6 Å². The highest BCUT2D eigenvalue weighted by Crippen LogP contribution is 2.16. The number of nitrogens with two attached hydrogens (primary N) is 1. The van der Waals surface area contributed by atoms with Crippen LogP contribution in [-0.4, -0.2) is 12.0 Å². The first-order valence-corrected chi connectivity index (χ1v) is 5.70. The molecule has 0 amide bonds. The van der Waals surface area contributed by atoms with Crippen molar-refractivity contribution in [2.24, 2.45) is 0 Å². The van der Waals surface area contributed by atoms with Crippen LogP contribution in [0.25, 0.3) is 0 Å². The van der Waals surface area contributed by atoms with Gasteiger partial charge in [0.2, 0.25) is 0 Å². The van der Waals surface area contributed by atoms with Crippen LogP contribution in [0.1, 0.15) is 5.56 Å². The van der Waals surface area contributed by atoms with Gasteiger partial charge in [-0.25, -0.2) is 4.98 Å². The molecule has 17 heavy (non-hydrogen) atoms. The molecule has 1 aromatic carbocycles. The number of nitrogens with zero attached hydrogens (tertiary/aromatic N) is 2. The third-order valence-corrected chi connectivity index (χ3v) is 2.71. The van der Waals surface area contributed by atoms with E-state index in [1.165, 1.54) is 0 Å². The molecule has 0 spiro atoms. The smallest absolute Gasteiger partial charge is 0.128 e. The lowest BCUT2D eigenvalue weighted by Gasteiger charge is -2.18. The molecule has 0 unspecified atom stereocenters. The van der Waals surface area contributed by atoms with E-state index in [1.54, 1.807) is 6.20 Å². The SMILES string of the molecule is CN(Cc1cccc(Cl)c1)c1ccc(N)cn1. The third kappa shape index (κ3) is 3.11. The van der Waals surface area contributed by atoms with Gasteiger partial charge in [-0.15, -0.1) is 0 Å². The van der Waals surface area contributed by atoms with Crippen LogP contribution in [0, 0.1) is 0 Å². The molecule has 0 saturated carbocycles. The number of hydrogen-bond acceptors (Lipinski definition) is 3. The fourth-order valence-electron chi connectivity index (χ4n) is 1.61. The molecule has 1 aromatic heterocycles. The first-order chi connectivity index (χ1) is 8.15. The van der Waals surface area contributed by atoms with Crippen molar-refractivity contribution in [3.63, 3.8) is 0 Å². The van der Waals surface area contributed by atoms with Gasteiger partial charge in [0.25, 0.3) is 0 Å². The highest BCUT2D eigenvalue weighted by molar-refractivity contribution is 6.30. The number of anilines is 2.